The molecule has 3 rings (SSSR count). The van der Waals surface area contributed by atoms with Gasteiger partial charge in [-0.05, 0) is 56.1 Å². The van der Waals surface area contributed by atoms with Crippen LogP contribution in [0.5, 0.6) is 5.75 Å². The highest BCUT2D eigenvalue weighted by Crippen LogP contribution is 2.40. The normalized spacial score (nSPS) is 11.7. The fourth-order valence-electron chi connectivity index (χ4n) is 2.11. The molecule has 0 atom stereocenters. The Bertz CT molecular complexity index is 953. The van der Waals surface area contributed by atoms with Crippen LogP contribution in [-0.2, 0) is 0 Å². The molecule has 1 heterocycles. The van der Waals surface area contributed by atoms with Crippen molar-refractivity contribution < 1.29 is 5.11 Å². The van der Waals surface area contributed by atoms with Crippen LogP contribution < -0.4 is 0 Å². The molecule has 114 valence electrons. The lowest BCUT2D eigenvalue weighted by Gasteiger charge is -2.07. The lowest BCUT2D eigenvalue weighted by molar-refractivity contribution is 0.468. The number of hydrogen-bond donors (Lipinski definition) is 2. The van der Waals surface area contributed by atoms with Gasteiger partial charge in [0.25, 0.3) is 0 Å². The molecule has 0 bridgehead atoms. The van der Waals surface area contributed by atoms with E-state index in [1.807, 2.05) is 24.3 Å². The third kappa shape index (κ3) is 3.07. The monoisotopic (exact) mass is 495 g/mol. The second-order valence-corrected chi connectivity index (χ2v) is 7.19. The van der Waals surface area contributed by atoms with E-state index in [1.165, 1.54) is 0 Å². The van der Waals surface area contributed by atoms with E-state index < -0.39 is 0 Å². The third-order valence-corrected chi connectivity index (χ3v) is 5.30. The first-order chi connectivity index (χ1) is 11.0. The van der Waals surface area contributed by atoms with Crippen molar-refractivity contribution in [2.24, 2.45) is 0 Å². The number of aromatic nitrogens is 2. The number of halogens is 3. The second kappa shape index (κ2) is 6.48. The Morgan fingerprint density at radius 3 is 2.65 bits per heavy atom. The number of rotatable bonds is 2. The molecule has 1 aromatic heterocycles. The minimum Gasteiger partial charge on any atom is -0.506 e. The summed E-state index contributed by atoms with van der Waals surface area (Å²) < 4.78 is 1.77. The average Bonchev–Trinajstić information content (AvgIpc) is 2.96. The van der Waals surface area contributed by atoms with Gasteiger partial charge in [0.1, 0.15) is 17.6 Å². The Morgan fingerprint density at radius 1 is 1.22 bits per heavy atom. The number of nitrogens with zero attached hydrogens (tertiary/aromatic N) is 2. The van der Waals surface area contributed by atoms with Crippen molar-refractivity contribution in [1.82, 2.24) is 9.97 Å². The number of H-pyrrole nitrogens is 1. The molecule has 0 fully saturated rings. The predicted molar refractivity (Wildman–Crippen MR) is 101 cm³/mol. The third-order valence-electron chi connectivity index (χ3n) is 3.23. The van der Waals surface area contributed by atoms with E-state index in [1.54, 1.807) is 12.1 Å². The van der Waals surface area contributed by atoms with Crippen molar-refractivity contribution in [2.45, 2.75) is 0 Å². The molecule has 0 aliphatic carbocycles. The largest absolute Gasteiger partial charge is 0.506 e. The Labute approximate surface area is 157 Å². The van der Waals surface area contributed by atoms with Crippen molar-refractivity contribution in [3.05, 3.63) is 55.1 Å². The topological polar surface area (TPSA) is 72.7 Å². The number of imidazole rings is 1. The molecule has 0 aliphatic heterocycles. The maximum absolute atomic E-state index is 10.0. The summed E-state index contributed by atoms with van der Waals surface area (Å²) in [6.07, 6.45) is 1.66. The summed E-state index contributed by atoms with van der Waals surface area (Å²) in [5.41, 5.74) is 2.67. The van der Waals surface area contributed by atoms with Crippen LogP contribution in [0.25, 0.3) is 22.7 Å². The Balaban J connectivity index is 2.17. The lowest BCUT2D eigenvalue weighted by Crippen LogP contribution is -1.88. The molecular weight excluding hydrogens is 490 g/mol. The summed E-state index contributed by atoms with van der Waals surface area (Å²) in [6.45, 7) is 0. The summed E-state index contributed by atoms with van der Waals surface area (Å²) in [6, 6.07) is 11.4. The molecule has 2 aromatic carbocycles. The predicted octanol–water partition coefficient (Wildman–Crippen LogP) is 5.62. The smallest absolute Gasteiger partial charge is 0.149 e. The van der Waals surface area contributed by atoms with Crippen molar-refractivity contribution in [3.8, 4) is 11.8 Å². The van der Waals surface area contributed by atoms with Gasteiger partial charge >= 0.3 is 0 Å². The second-order valence-electron chi connectivity index (χ2n) is 4.69. The van der Waals surface area contributed by atoms with E-state index in [-0.39, 0.29) is 5.75 Å². The summed E-state index contributed by atoms with van der Waals surface area (Å²) in [5, 5.41) is 19.5. The van der Waals surface area contributed by atoms with Crippen molar-refractivity contribution in [2.75, 3.05) is 0 Å². The molecule has 23 heavy (non-hydrogen) atoms. The number of hydrogen-bond acceptors (Lipinski definition) is 3. The van der Waals surface area contributed by atoms with E-state index in [0.717, 1.165) is 15.5 Å². The van der Waals surface area contributed by atoms with Gasteiger partial charge in [0.2, 0.25) is 0 Å². The zero-order valence-corrected chi connectivity index (χ0v) is 16.2. The number of benzene rings is 2. The van der Waals surface area contributed by atoms with Gasteiger partial charge in [0.05, 0.1) is 25.6 Å². The molecule has 0 radical (unpaired) electrons. The molecule has 0 saturated carbocycles. The van der Waals surface area contributed by atoms with E-state index in [0.29, 0.717) is 25.9 Å². The first-order valence-electron chi connectivity index (χ1n) is 6.44. The quantitative estimate of drug-likeness (QED) is 0.451. The first kappa shape index (κ1) is 16.2. The van der Waals surface area contributed by atoms with Crippen LogP contribution in [0.15, 0.2) is 43.7 Å². The summed E-state index contributed by atoms with van der Waals surface area (Å²) in [4.78, 5) is 7.56. The van der Waals surface area contributed by atoms with Crippen molar-refractivity contribution in [1.29, 1.82) is 5.26 Å². The number of phenols is 1. The number of aromatic amines is 1. The molecule has 0 spiro atoms. The zero-order valence-electron chi connectivity index (χ0n) is 11.4. The number of nitrogens with one attached hydrogen (secondary N) is 1. The first-order valence-corrected chi connectivity index (χ1v) is 8.82. The van der Waals surface area contributed by atoms with E-state index >= 15 is 0 Å². The minimum absolute atomic E-state index is 0.0707. The number of aromatic hydroxyl groups is 1. The molecule has 3 aromatic rings. The fraction of sp³-hybridized carbons (Fsp3) is 0. The van der Waals surface area contributed by atoms with Crippen LogP contribution in [-0.4, -0.2) is 15.1 Å². The molecule has 2 N–H and O–H groups in total. The lowest BCUT2D eigenvalue weighted by atomic mass is 10.1. The SMILES string of the molecule is N#CC(=Cc1c(Br)cc(Br)c(O)c1Br)c1nc2ccccc2[nH]1. The number of phenolic OH excluding ortho intramolecular Hbond substituents is 1. The summed E-state index contributed by atoms with van der Waals surface area (Å²) in [5.74, 6) is 0.552. The van der Waals surface area contributed by atoms with Gasteiger partial charge in [-0.2, -0.15) is 5.26 Å². The molecule has 7 heteroatoms. The number of nitriles is 1. The van der Waals surface area contributed by atoms with E-state index in [9.17, 15) is 10.4 Å². The van der Waals surface area contributed by atoms with Gasteiger partial charge in [-0.1, -0.05) is 28.1 Å². The Morgan fingerprint density at radius 2 is 1.96 bits per heavy atom. The molecule has 0 saturated heterocycles. The average molecular weight is 498 g/mol. The van der Waals surface area contributed by atoms with Gasteiger partial charge in [0.15, 0.2) is 0 Å². The maximum Gasteiger partial charge on any atom is 0.149 e. The minimum atomic E-state index is 0.0707. The van der Waals surface area contributed by atoms with Crippen LogP contribution in [0, 0.1) is 11.3 Å². The van der Waals surface area contributed by atoms with Crippen LogP contribution in [0.3, 0.4) is 0 Å². The van der Waals surface area contributed by atoms with Crippen LogP contribution in [0.2, 0.25) is 0 Å². The van der Waals surface area contributed by atoms with Crippen LogP contribution in [0.4, 0.5) is 0 Å². The van der Waals surface area contributed by atoms with Crippen molar-refractivity contribution in [3.63, 3.8) is 0 Å². The van der Waals surface area contributed by atoms with Crippen molar-refractivity contribution >= 4 is 70.5 Å². The van der Waals surface area contributed by atoms with Gasteiger partial charge in [0, 0.05) is 10.0 Å². The molecule has 4 nitrogen and oxygen atoms in total. The molecule has 0 amide bonds. The maximum atomic E-state index is 10.0. The van der Waals surface area contributed by atoms with Gasteiger partial charge in [-0.3, -0.25) is 0 Å². The molecule has 0 aliphatic rings. The Hall–Kier alpha value is -1.62. The van der Waals surface area contributed by atoms with E-state index in [4.69, 9.17) is 0 Å². The number of allylic oxidation sites excluding steroid dienone is 1. The summed E-state index contributed by atoms with van der Waals surface area (Å²) >= 11 is 10.1. The van der Waals surface area contributed by atoms with Crippen LogP contribution >= 0.6 is 47.8 Å². The highest BCUT2D eigenvalue weighted by molar-refractivity contribution is 9.11. The fourth-order valence-corrected chi connectivity index (χ4v) is 4.45. The van der Waals surface area contributed by atoms with Gasteiger partial charge in [-0.15, -0.1) is 0 Å². The highest BCUT2D eigenvalue weighted by atomic mass is 79.9. The van der Waals surface area contributed by atoms with Crippen LogP contribution in [0.1, 0.15) is 11.4 Å². The van der Waals surface area contributed by atoms with Gasteiger partial charge in [-0.25, -0.2) is 4.98 Å². The standard InChI is InChI=1S/C16H8Br3N3O/c17-10-6-11(18)15(23)14(19)9(10)5-8(7-20)16-21-12-3-1-2-4-13(12)22-16/h1-6,23H,(H,21,22). The van der Waals surface area contributed by atoms with E-state index in [2.05, 4.69) is 63.8 Å². The highest BCUT2D eigenvalue weighted by Gasteiger charge is 2.14. The number of fused-ring (bicyclic) bond motifs is 1. The van der Waals surface area contributed by atoms with Gasteiger partial charge < -0.3 is 10.1 Å². The number of para-hydroxylation sites is 2. The Kier molecular flexibility index (Phi) is 4.57. The summed E-state index contributed by atoms with van der Waals surface area (Å²) in [7, 11) is 0. The molecule has 0 unspecified atom stereocenters. The molecular formula is C16H8Br3N3O. The zero-order chi connectivity index (χ0) is 16.6.